The van der Waals surface area contributed by atoms with E-state index in [4.69, 9.17) is 9.26 Å². The van der Waals surface area contributed by atoms with Crippen LogP contribution in [0.2, 0.25) is 0 Å². The van der Waals surface area contributed by atoms with Crippen LogP contribution in [0.1, 0.15) is 25.1 Å². The number of ether oxygens (including phenoxy) is 1. The molecule has 9 heteroatoms. The fourth-order valence-electron chi connectivity index (χ4n) is 3.29. The van der Waals surface area contributed by atoms with Crippen LogP contribution in [0.3, 0.4) is 0 Å². The Morgan fingerprint density at radius 1 is 1.13 bits per heavy atom. The van der Waals surface area contributed by atoms with Crippen molar-refractivity contribution in [3.8, 4) is 16.9 Å². The molecule has 1 fully saturated rings. The van der Waals surface area contributed by atoms with Gasteiger partial charge in [-0.3, -0.25) is 4.90 Å². The molecular weight excluding hydrogens is 404 g/mol. The Balaban J connectivity index is 1.28. The highest BCUT2D eigenvalue weighted by atomic mass is 32.2. The fourth-order valence-corrected chi connectivity index (χ4v) is 3.85. The molecule has 2 aromatic heterocycles. The van der Waals surface area contributed by atoms with Gasteiger partial charge in [0, 0.05) is 37.5 Å². The Kier molecular flexibility index (Phi) is 5.83. The first-order valence-electron chi connectivity index (χ1n) is 9.87. The number of rotatable bonds is 8. The molecule has 1 aromatic carbocycles. The summed E-state index contributed by atoms with van der Waals surface area (Å²) in [6.45, 7) is 4.35. The van der Waals surface area contributed by atoms with Crippen molar-refractivity contribution in [2.24, 2.45) is 0 Å². The van der Waals surface area contributed by atoms with E-state index in [9.17, 15) is 8.42 Å². The molecule has 1 aliphatic rings. The highest BCUT2D eigenvalue weighted by Gasteiger charge is 2.29. The number of sulfone groups is 1. The van der Waals surface area contributed by atoms with E-state index in [-0.39, 0.29) is 11.1 Å². The molecule has 3 heterocycles. The van der Waals surface area contributed by atoms with Gasteiger partial charge in [-0.1, -0.05) is 24.2 Å². The third-order valence-electron chi connectivity index (χ3n) is 4.87. The van der Waals surface area contributed by atoms with Crippen LogP contribution in [0.4, 0.5) is 0 Å². The van der Waals surface area contributed by atoms with Crippen molar-refractivity contribution in [2.45, 2.75) is 37.4 Å². The summed E-state index contributed by atoms with van der Waals surface area (Å²) in [5.74, 6) is 2.21. The van der Waals surface area contributed by atoms with E-state index in [1.807, 2.05) is 24.3 Å². The van der Waals surface area contributed by atoms with Crippen LogP contribution in [-0.4, -0.2) is 53.9 Å². The standard InChI is InChI=1S/C21H24N4O4S/c1-3-4-19-23-20(29-24-19)14-25-12-18(13-25)28-17-8-5-15(6-9-17)16-7-10-21(22-11-16)30(2,26)27/h5-11,18H,3-4,12-14H2,1-2H3. The summed E-state index contributed by atoms with van der Waals surface area (Å²) in [5.41, 5.74) is 1.80. The zero-order valence-corrected chi connectivity index (χ0v) is 17.8. The van der Waals surface area contributed by atoms with E-state index in [0.717, 1.165) is 54.9 Å². The second-order valence-electron chi connectivity index (χ2n) is 7.47. The molecule has 30 heavy (non-hydrogen) atoms. The number of likely N-dealkylation sites (tertiary alicyclic amines) is 1. The molecule has 0 bridgehead atoms. The fraction of sp³-hybridized carbons (Fsp3) is 0.381. The summed E-state index contributed by atoms with van der Waals surface area (Å²) < 4.78 is 34.3. The van der Waals surface area contributed by atoms with E-state index in [1.54, 1.807) is 12.3 Å². The second kappa shape index (κ2) is 8.53. The first-order chi connectivity index (χ1) is 14.4. The zero-order chi connectivity index (χ0) is 21.1. The van der Waals surface area contributed by atoms with Crippen LogP contribution >= 0.6 is 0 Å². The van der Waals surface area contributed by atoms with Gasteiger partial charge < -0.3 is 9.26 Å². The van der Waals surface area contributed by atoms with Gasteiger partial charge in [0.2, 0.25) is 5.89 Å². The minimum Gasteiger partial charge on any atom is -0.488 e. The SMILES string of the molecule is CCCc1noc(CN2CC(Oc3ccc(-c4ccc(S(C)(=O)=O)nc4)cc3)C2)n1. The third kappa shape index (κ3) is 4.85. The number of hydrogen-bond acceptors (Lipinski definition) is 8. The molecule has 0 radical (unpaired) electrons. The first kappa shape index (κ1) is 20.5. The summed E-state index contributed by atoms with van der Waals surface area (Å²) in [5, 5.41) is 4.05. The monoisotopic (exact) mass is 428 g/mol. The van der Waals surface area contributed by atoms with E-state index in [1.165, 1.54) is 6.07 Å². The zero-order valence-electron chi connectivity index (χ0n) is 17.0. The van der Waals surface area contributed by atoms with E-state index in [0.29, 0.717) is 12.4 Å². The molecule has 1 aliphatic heterocycles. The molecule has 158 valence electrons. The normalized spacial score (nSPS) is 15.1. The number of pyridine rings is 1. The largest absolute Gasteiger partial charge is 0.488 e. The average Bonchev–Trinajstić information content (AvgIpc) is 3.14. The van der Waals surface area contributed by atoms with E-state index < -0.39 is 9.84 Å². The molecule has 0 aliphatic carbocycles. The molecule has 0 amide bonds. The molecule has 0 N–H and O–H groups in total. The van der Waals surface area contributed by atoms with Gasteiger partial charge in [-0.05, 0) is 36.2 Å². The van der Waals surface area contributed by atoms with Gasteiger partial charge in [-0.2, -0.15) is 4.98 Å². The predicted molar refractivity (Wildman–Crippen MR) is 111 cm³/mol. The van der Waals surface area contributed by atoms with Crippen LogP contribution in [0.15, 0.2) is 52.1 Å². The van der Waals surface area contributed by atoms with Crippen LogP contribution in [0.25, 0.3) is 11.1 Å². The summed E-state index contributed by atoms with van der Waals surface area (Å²) in [6, 6.07) is 11.0. The van der Waals surface area contributed by atoms with Gasteiger partial charge in [0.05, 0.1) is 6.54 Å². The van der Waals surface area contributed by atoms with Crippen LogP contribution in [0.5, 0.6) is 5.75 Å². The minimum atomic E-state index is -3.29. The van der Waals surface area contributed by atoms with Gasteiger partial charge >= 0.3 is 0 Å². The maximum atomic E-state index is 11.5. The predicted octanol–water partition coefficient (Wildman–Crippen LogP) is 2.75. The average molecular weight is 429 g/mol. The summed E-state index contributed by atoms with van der Waals surface area (Å²) in [4.78, 5) is 10.6. The van der Waals surface area contributed by atoms with Gasteiger partial charge in [-0.15, -0.1) is 0 Å². The smallest absolute Gasteiger partial charge is 0.240 e. The van der Waals surface area contributed by atoms with Crippen molar-refractivity contribution in [1.82, 2.24) is 20.0 Å². The maximum Gasteiger partial charge on any atom is 0.240 e. The Hall–Kier alpha value is -2.78. The van der Waals surface area contributed by atoms with Crippen molar-refractivity contribution in [2.75, 3.05) is 19.3 Å². The van der Waals surface area contributed by atoms with Crippen molar-refractivity contribution < 1.29 is 17.7 Å². The molecular formula is C21H24N4O4S. The Bertz CT molecular complexity index is 1090. The van der Waals surface area contributed by atoms with Gasteiger partial charge in [-0.25, -0.2) is 13.4 Å². The van der Waals surface area contributed by atoms with Crippen molar-refractivity contribution >= 4 is 9.84 Å². The van der Waals surface area contributed by atoms with Crippen LogP contribution < -0.4 is 4.74 Å². The minimum absolute atomic E-state index is 0.0721. The lowest BCUT2D eigenvalue weighted by Gasteiger charge is -2.38. The number of benzene rings is 1. The van der Waals surface area contributed by atoms with Gasteiger partial charge in [0.1, 0.15) is 11.9 Å². The van der Waals surface area contributed by atoms with Crippen molar-refractivity contribution in [3.05, 3.63) is 54.3 Å². The number of aromatic nitrogens is 3. The third-order valence-corrected chi connectivity index (χ3v) is 5.87. The molecule has 0 atom stereocenters. The Morgan fingerprint density at radius 3 is 2.50 bits per heavy atom. The molecule has 3 aromatic rings. The number of nitrogens with zero attached hydrogens (tertiary/aromatic N) is 4. The van der Waals surface area contributed by atoms with Gasteiger partial charge in [0.25, 0.3) is 0 Å². The number of aryl methyl sites for hydroxylation is 1. The van der Waals surface area contributed by atoms with Crippen LogP contribution in [0, 0.1) is 0 Å². The molecule has 4 rings (SSSR count). The Labute approximate surface area is 175 Å². The molecule has 1 saturated heterocycles. The highest BCUT2D eigenvalue weighted by Crippen LogP contribution is 2.25. The lowest BCUT2D eigenvalue weighted by atomic mass is 10.1. The summed E-state index contributed by atoms with van der Waals surface area (Å²) in [7, 11) is -3.29. The van der Waals surface area contributed by atoms with Crippen molar-refractivity contribution in [3.63, 3.8) is 0 Å². The molecule has 8 nitrogen and oxygen atoms in total. The lowest BCUT2D eigenvalue weighted by Crippen LogP contribution is -2.53. The highest BCUT2D eigenvalue weighted by molar-refractivity contribution is 7.90. The van der Waals surface area contributed by atoms with Crippen LogP contribution in [-0.2, 0) is 22.8 Å². The van der Waals surface area contributed by atoms with Crippen molar-refractivity contribution in [1.29, 1.82) is 0 Å². The maximum absolute atomic E-state index is 11.5. The first-order valence-corrected chi connectivity index (χ1v) is 11.8. The molecule has 0 spiro atoms. The van der Waals surface area contributed by atoms with Gasteiger partial charge in [0.15, 0.2) is 20.7 Å². The molecule has 0 unspecified atom stereocenters. The lowest BCUT2D eigenvalue weighted by molar-refractivity contribution is 0.00864. The molecule has 0 saturated carbocycles. The van der Waals surface area contributed by atoms with E-state index in [2.05, 4.69) is 26.9 Å². The second-order valence-corrected chi connectivity index (χ2v) is 9.43. The Morgan fingerprint density at radius 2 is 1.87 bits per heavy atom. The quantitative estimate of drug-likeness (QED) is 0.540. The van der Waals surface area contributed by atoms with E-state index >= 15 is 0 Å². The topological polar surface area (TPSA) is 98.4 Å². The summed E-state index contributed by atoms with van der Waals surface area (Å²) in [6.07, 6.45) is 4.68. The summed E-state index contributed by atoms with van der Waals surface area (Å²) >= 11 is 0. The number of hydrogen-bond donors (Lipinski definition) is 0.